The van der Waals surface area contributed by atoms with Gasteiger partial charge in [0.05, 0.1) is 14.2 Å². The third kappa shape index (κ3) is 1.90. The van der Waals surface area contributed by atoms with Gasteiger partial charge in [-0.3, -0.25) is 0 Å². The predicted molar refractivity (Wildman–Crippen MR) is 45.9 cm³/mol. The van der Waals surface area contributed by atoms with Gasteiger partial charge in [-0.1, -0.05) is 6.07 Å². The second-order valence-electron chi connectivity index (χ2n) is 2.18. The van der Waals surface area contributed by atoms with Crippen molar-refractivity contribution in [1.29, 1.82) is 0 Å². The molecule has 0 aliphatic carbocycles. The number of carbonyl (C=O) groups excluding carboxylic acids is 1. The Morgan fingerprint density at radius 2 is 1.69 bits per heavy atom. The van der Waals surface area contributed by atoms with E-state index in [0.29, 0.717) is 11.5 Å². The van der Waals surface area contributed by atoms with E-state index in [-0.39, 0.29) is 5.75 Å². The molecule has 13 heavy (non-hydrogen) atoms. The molecule has 4 nitrogen and oxygen atoms in total. The smallest absolute Gasteiger partial charge is 0.423 e. The van der Waals surface area contributed by atoms with Gasteiger partial charge in [-0.15, -0.1) is 0 Å². The summed E-state index contributed by atoms with van der Waals surface area (Å²) in [5, 5.41) is 0. The van der Waals surface area contributed by atoms with Gasteiger partial charge >= 0.3 is 6.47 Å². The largest absolute Gasteiger partial charge is 0.493 e. The van der Waals surface area contributed by atoms with E-state index in [0.717, 1.165) is 0 Å². The molecule has 0 N–H and O–H groups in total. The molecule has 0 atom stereocenters. The van der Waals surface area contributed by atoms with E-state index in [2.05, 4.69) is 4.74 Å². The lowest BCUT2D eigenvalue weighted by atomic mass is 10.3. The van der Waals surface area contributed by atoms with E-state index in [4.69, 9.17) is 9.47 Å². The van der Waals surface area contributed by atoms with Crippen LogP contribution < -0.4 is 14.2 Å². The molecule has 0 aliphatic heterocycles. The number of benzene rings is 1. The van der Waals surface area contributed by atoms with Crippen LogP contribution in [0.2, 0.25) is 0 Å². The predicted octanol–water partition coefficient (Wildman–Crippen LogP) is 1.15. The Bertz CT molecular complexity index is 273. The van der Waals surface area contributed by atoms with E-state index < -0.39 is 0 Å². The summed E-state index contributed by atoms with van der Waals surface area (Å²) in [5.74, 6) is 1.10. The van der Waals surface area contributed by atoms with Crippen molar-refractivity contribution in [3.05, 3.63) is 18.2 Å². The molecular formula is C9H9O4. The number of ether oxygens (including phenoxy) is 3. The van der Waals surface area contributed by atoms with Crippen molar-refractivity contribution in [2.45, 2.75) is 0 Å². The summed E-state index contributed by atoms with van der Waals surface area (Å²) < 4.78 is 14.5. The maximum atomic E-state index is 10.1. The minimum absolute atomic E-state index is 0.238. The molecule has 0 bridgehead atoms. The summed E-state index contributed by atoms with van der Waals surface area (Å²) in [6.07, 6.45) is 0. The number of hydrogen-bond donors (Lipinski definition) is 0. The summed E-state index contributed by atoms with van der Waals surface area (Å²) in [5.41, 5.74) is 0. The fourth-order valence-electron chi connectivity index (χ4n) is 0.959. The minimum atomic E-state index is 0.238. The molecule has 0 heterocycles. The zero-order valence-corrected chi connectivity index (χ0v) is 7.37. The fourth-order valence-corrected chi connectivity index (χ4v) is 0.959. The maximum absolute atomic E-state index is 10.1. The highest BCUT2D eigenvalue weighted by atomic mass is 16.6. The lowest BCUT2D eigenvalue weighted by Gasteiger charge is -2.09. The normalized spacial score (nSPS) is 9.08. The van der Waals surface area contributed by atoms with Gasteiger partial charge in [0.1, 0.15) is 0 Å². The average Bonchev–Trinajstić information content (AvgIpc) is 2.18. The average molecular weight is 181 g/mol. The zero-order valence-electron chi connectivity index (χ0n) is 7.37. The van der Waals surface area contributed by atoms with Crippen molar-refractivity contribution >= 4 is 6.47 Å². The second kappa shape index (κ2) is 4.35. The van der Waals surface area contributed by atoms with Crippen LogP contribution in [0.4, 0.5) is 0 Å². The zero-order chi connectivity index (χ0) is 9.68. The molecule has 0 saturated carbocycles. The van der Waals surface area contributed by atoms with Gasteiger partial charge in [0, 0.05) is 0 Å². The topological polar surface area (TPSA) is 44.8 Å². The molecular weight excluding hydrogens is 172 g/mol. The van der Waals surface area contributed by atoms with Crippen molar-refractivity contribution in [3.8, 4) is 17.2 Å². The first kappa shape index (κ1) is 9.38. The molecule has 1 aromatic rings. The summed E-state index contributed by atoms with van der Waals surface area (Å²) in [7, 11) is 2.96. The van der Waals surface area contributed by atoms with Crippen molar-refractivity contribution in [2.24, 2.45) is 0 Å². The van der Waals surface area contributed by atoms with Gasteiger partial charge in [0.15, 0.2) is 11.5 Å². The molecule has 0 saturated heterocycles. The molecule has 0 aromatic heterocycles. The molecule has 0 amide bonds. The quantitative estimate of drug-likeness (QED) is 0.698. The Labute approximate surface area is 76.0 Å². The Hall–Kier alpha value is -1.71. The second-order valence-corrected chi connectivity index (χ2v) is 2.18. The molecule has 0 spiro atoms. The highest BCUT2D eigenvalue weighted by Crippen LogP contribution is 2.36. The molecule has 0 aliphatic rings. The van der Waals surface area contributed by atoms with Gasteiger partial charge in [-0.05, 0) is 12.1 Å². The highest BCUT2D eigenvalue weighted by molar-refractivity contribution is 5.57. The van der Waals surface area contributed by atoms with Crippen LogP contribution in [0.15, 0.2) is 18.2 Å². The van der Waals surface area contributed by atoms with Crippen LogP contribution in [0.1, 0.15) is 0 Å². The molecule has 1 radical (unpaired) electrons. The minimum Gasteiger partial charge on any atom is -0.493 e. The van der Waals surface area contributed by atoms with Crippen molar-refractivity contribution in [2.75, 3.05) is 14.2 Å². The number of para-hydroxylation sites is 1. The van der Waals surface area contributed by atoms with Crippen molar-refractivity contribution in [1.82, 2.24) is 0 Å². The van der Waals surface area contributed by atoms with E-state index in [9.17, 15) is 4.79 Å². The number of rotatable bonds is 4. The van der Waals surface area contributed by atoms with Crippen LogP contribution in [0.3, 0.4) is 0 Å². The molecule has 1 aromatic carbocycles. The Kier molecular flexibility index (Phi) is 3.14. The Morgan fingerprint density at radius 1 is 1.15 bits per heavy atom. The summed E-state index contributed by atoms with van der Waals surface area (Å²) in [6.45, 7) is 1.32. The van der Waals surface area contributed by atoms with Crippen LogP contribution in [0, 0.1) is 0 Å². The number of methoxy groups -OCH3 is 2. The first-order chi connectivity index (χ1) is 6.33. The lowest BCUT2D eigenvalue weighted by Crippen LogP contribution is -1.96. The van der Waals surface area contributed by atoms with Gasteiger partial charge in [0.25, 0.3) is 0 Å². The monoisotopic (exact) mass is 181 g/mol. The van der Waals surface area contributed by atoms with Gasteiger partial charge in [-0.2, -0.15) is 0 Å². The summed E-state index contributed by atoms with van der Waals surface area (Å²) in [6, 6.07) is 5.06. The lowest BCUT2D eigenvalue weighted by molar-refractivity contribution is 0.349. The third-order valence-electron chi connectivity index (χ3n) is 1.53. The van der Waals surface area contributed by atoms with Crippen LogP contribution in [-0.4, -0.2) is 20.7 Å². The van der Waals surface area contributed by atoms with E-state index in [1.54, 1.807) is 18.2 Å². The molecule has 0 fully saturated rings. The van der Waals surface area contributed by atoms with Crippen LogP contribution in [-0.2, 0) is 4.79 Å². The summed E-state index contributed by atoms with van der Waals surface area (Å²) in [4.78, 5) is 10.1. The Morgan fingerprint density at radius 3 is 2.08 bits per heavy atom. The van der Waals surface area contributed by atoms with Gasteiger partial charge in [0.2, 0.25) is 5.75 Å². The molecule has 1 rings (SSSR count). The van der Waals surface area contributed by atoms with Gasteiger partial charge in [-0.25, -0.2) is 4.79 Å². The first-order valence-corrected chi connectivity index (χ1v) is 3.58. The van der Waals surface area contributed by atoms with Crippen molar-refractivity contribution in [3.63, 3.8) is 0 Å². The van der Waals surface area contributed by atoms with Crippen LogP contribution in [0.5, 0.6) is 17.2 Å². The van der Waals surface area contributed by atoms with Crippen LogP contribution >= 0.6 is 0 Å². The standard InChI is InChI=1S/C9H9O4/c1-11-7-4-3-5-8(12-2)9(7)13-6-10/h3-5H,1-2H3. The summed E-state index contributed by atoms with van der Waals surface area (Å²) >= 11 is 0. The van der Waals surface area contributed by atoms with Gasteiger partial charge < -0.3 is 14.2 Å². The maximum Gasteiger partial charge on any atom is 0.423 e. The third-order valence-corrected chi connectivity index (χ3v) is 1.53. The van der Waals surface area contributed by atoms with Crippen LogP contribution in [0.25, 0.3) is 0 Å². The SMILES string of the molecule is COc1cccc(OC)c1O[C]=O. The molecule has 69 valence electrons. The number of hydrogen-bond acceptors (Lipinski definition) is 4. The van der Waals surface area contributed by atoms with E-state index >= 15 is 0 Å². The fraction of sp³-hybridized carbons (Fsp3) is 0.222. The molecule has 0 unspecified atom stereocenters. The van der Waals surface area contributed by atoms with Crippen molar-refractivity contribution < 1.29 is 19.0 Å². The van der Waals surface area contributed by atoms with E-state index in [1.807, 2.05) is 0 Å². The van der Waals surface area contributed by atoms with E-state index in [1.165, 1.54) is 20.7 Å². The first-order valence-electron chi connectivity index (χ1n) is 3.58. The Balaban J connectivity index is 3.12. The highest BCUT2D eigenvalue weighted by Gasteiger charge is 2.10. The molecule has 4 heteroatoms.